The topological polar surface area (TPSA) is 59.7 Å². The van der Waals surface area contributed by atoms with E-state index >= 15 is 0 Å². The summed E-state index contributed by atoms with van der Waals surface area (Å²) in [6.07, 6.45) is 2.40. The summed E-state index contributed by atoms with van der Waals surface area (Å²) in [5.74, 6) is 2.74. The number of rotatable bonds is 4. The maximum Gasteiger partial charge on any atom is 0.147 e. The second-order valence-electron chi connectivity index (χ2n) is 6.90. The summed E-state index contributed by atoms with van der Waals surface area (Å²) < 4.78 is 2.03. The normalized spacial score (nSPS) is 18.3. The van der Waals surface area contributed by atoms with E-state index in [9.17, 15) is 0 Å². The Kier molecular flexibility index (Phi) is 4.21. The maximum absolute atomic E-state index is 4.78. The molecule has 0 amide bonds. The van der Waals surface area contributed by atoms with Crippen LogP contribution in [0.1, 0.15) is 36.0 Å². The standard InChI is InChI=1S/C19H24N6/c1-13-17-8-4-5-9-18(17)22-19(20-13)12-24-10-6-7-16(24)11-25-15(3)21-14(2)23-25/h4-5,8-9,16H,6-7,10-12H2,1-3H3/t16-/m0/s1. The molecule has 1 aliphatic rings. The first-order valence-electron chi connectivity index (χ1n) is 8.94. The molecule has 1 fully saturated rings. The van der Waals surface area contributed by atoms with Gasteiger partial charge < -0.3 is 0 Å². The van der Waals surface area contributed by atoms with Crippen molar-refractivity contribution >= 4 is 10.9 Å². The lowest BCUT2D eigenvalue weighted by atomic mass is 10.2. The van der Waals surface area contributed by atoms with Gasteiger partial charge in [0.05, 0.1) is 18.6 Å². The van der Waals surface area contributed by atoms with E-state index in [-0.39, 0.29) is 0 Å². The van der Waals surface area contributed by atoms with Crippen molar-refractivity contribution < 1.29 is 0 Å². The molecule has 0 saturated carbocycles. The van der Waals surface area contributed by atoms with E-state index < -0.39 is 0 Å². The van der Waals surface area contributed by atoms with Crippen molar-refractivity contribution in [1.29, 1.82) is 0 Å². The van der Waals surface area contributed by atoms with Crippen molar-refractivity contribution in [2.24, 2.45) is 0 Å². The minimum atomic E-state index is 0.468. The lowest BCUT2D eigenvalue weighted by molar-refractivity contribution is 0.213. The van der Waals surface area contributed by atoms with Crippen LogP contribution < -0.4 is 0 Å². The second-order valence-corrected chi connectivity index (χ2v) is 6.90. The number of aromatic nitrogens is 5. The lowest BCUT2D eigenvalue weighted by Gasteiger charge is -2.24. The molecule has 6 heteroatoms. The highest BCUT2D eigenvalue weighted by molar-refractivity contribution is 5.80. The molecule has 6 nitrogen and oxygen atoms in total. The number of para-hydroxylation sites is 1. The molecular formula is C19H24N6. The minimum absolute atomic E-state index is 0.468. The van der Waals surface area contributed by atoms with Crippen LogP contribution in [0.5, 0.6) is 0 Å². The second kappa shape index (κ2) is 6.52. The van der Waals surface area contributed by atoms with E-state index in [1.54, 1.807) is 0 Å². The van der Waals surface area contributed by atoms with Crippen LogP contribution in [0.2, 0.25) is 0 Å². The first kappa shape index (κ1) is 16.1. The van der Waals surface area contributed by atoms with E-state index in [2.05, 4.69) is 34.0 Å². The fourth-order valence-electron chi connectivity index (χ4n) is 3.79. The number of aryl methyl sites for hydroxylation is 3. The third-order valence-corrected chi connectivity index (χ3v) is 5.03. The molecule has 1 aromatic carbocycles. The fraction of sp³-hybridized carbons (Fsp3) is 0.474. The molecule has 0 N–H and O–H groups in total. The van der Waals surface area contributed by atoms with Crippen LogP contribution in [0.3, 0.4) is 0 Å². The van der Waals surface area contributed by atoms with E-state index in [0.717, 1.165) is 53.7 Å². The smallest absolute Gasteiger partial charge is 0.147 e. The van der Waals surface area contributed by atoms with Gasteiger partial charge in [-0.15, -0.1) is 0 Å². The summed E-state index contributed by atoms with van der Waals surface area (Å²) in [6, 6.07) is 8.69. The molecule has 2 aromatic heterocycles. The van der Waals surface area contributed by atoms with Gasteiger partial charge in [-0.2, -0.15) is 5.10 Å². The first-order chi connectivity index (χ1) is 12.1. The van der Waals surface area contributed by atoms with Crippen LogP contribution in [0, 0.1) is 20.8 Å². The monoisotopic (exact) mass is 336 g/mol. The van der Waals surface area contributed by atoms with Gasteiger partial charge in [0.25, 0.3) is 0 Å². The predicted octanol–water partition coefficient (Wildman–Crippen LogP) is 2.81. The third-order valence-electron chi connectivity index (χ3n) is 5.03. The molecule has 130 valence electrons. The number of hydrogen-bond acceptors (Lipinski definition) is 5. The van der Waals surface area contributed by atoms with Gasteiger partial charge in [-0.25, -0.2) is 19.6 Å². The number of likely N-dealkylation sites (tertiary alicyclic amines) is 1. The van der Waals surface area contributed by atoms with Crippen LogP contribution in [-0.4, -0.2) is 42.2 Å². The fourth-order valence-corrected chi connectivity index (χ4v) is 3.79. The molecule has 0 spiro atoms. The summed E-state index contributed by atoms with van der Waals surface area (Å²) in [7, 11) is 0. The molecule has 0 unspecified atom stereocenters. The molecule has 4 rings (SSSR count). The Bertz CT molecular complexity index is 900. The van der Waals surface area contributed by atoms with Crippen molar-refractivity contribution in [1.82, 2.24) is 29.6 Å². The molecule has 0 aliphatic carbocycles. The van der Waals surface area contributed by atoms with Gasteiger partial charge >= 0.3 is 0 Å². The van der Waals surface area contributed by atoms with Crippen molar-refractivity contribution in [3.8, 4) is 0 Å². The van der Waals surface area contributed by atoms with Crippen LogP contribution in [0.15, 0.2) is 24.3 Å². The predicted molar refractivity (Wildman–Crippen MR) is 97.2 cm³/mol. The van der Waals surface area contributed by atoms with Crippen LogP contribution in [-0.2, 0) is 13.1 Å². The molecule has 1 aliphatic heterocycles. The van der Waals surface area contributed by atoms with Gasteiger partial charge in [-0.05, 0) is 46.2 Å². The highest BCUT2D eigenvalue weighted by atomic mass is 15.4. The Morgan fingerprint density at radius 1 is 1.08 bits per heavy atom. The van der Waals surface area contributed by atoms with E-state index in [4.69, 9.17) is 9.97 Å². The summed E-state index contributed by atoms with van der Waals surface area (Å²) in [5.41, 5.74) is 2.09. The van der Waals surface area contributed by atoms with Crippen molar-refractivity contribution in [3.05, 3.63) is 47.4 Å². The summed E-state index contributed by atoms with van der Waals surface area (Å²) in [4.78, 5) is 16.4. The van der Waals surface area contributed by atoms with Gasteiger partial charge in [0, 0.05) is 17.1 Å². The average Bonchev–Trinajstić information content (AvgIpc) is 3.14. The molecule has 0 bridgehead atoms. The molecule has 1 saturated heterocycles. The molecule has 1 atom stereocenters. The Labute approximate surface area is 147 Å². The minimum Gasteiger partial charge on any atom is -0.291 e. The zero-order chi connectivity index (χ0) is 17.4. The van der Waals surface area contributed by atoms with Gasteiger partial charge in [0.2, 0.25) is 0 Å². The van der Waals surface area contributed by atoms with E-state index in [0.29, 0.717) is 6.04 Å². The zero-order valence-corrected chi connectivity index (χ0v) is 15.1. The van der Waals surface area contributed by atoms with Crippen LogP contribution >= 0.6 is 0 Å². The zero-order valence-electron chi connectivity index (χ0n) is 15.1. The Morgan fingerprint density at radius 2 is 1.92 bits per heavy atom. The van der Waals surface area contributed by atoms with Gasteiger partial charge in [-0.1, -0.05) is 18.2 Å². The Morgan fingerprint density at radius 3 is 2.72 bits per heavy atom. The summed E-state index contributed by atoms with van der Waals surface area (Å²) in [6.45, 7) is 8.81. The summed E-state index contributed by atoms with van der Waals surface area (Å²) in [5, 5.41) is 5.65. The third kappa shape index (κ3) is 3.26. The maximum atomic E-state index is 4.78. The molecular weight excluding hydrogens is 312 g/mol. The largest absolute Gasteiger partial charge is 0.291 e. The number of fused-ring (bicyclic) bond motifs is 1. The quantitative estimate of drug-likeness (QED) is 0.733. The molecule has 25 heavy (non-hydrogen) atoms. The van der Waals surface area contributed by atoms with Crippen molar-refractivity contribution in [3.63, 3.8) is 0 Å². The Balaban J connectivity index is 1.54. The molecule has 3 heterocycles. The van der Waals surface area contributed by atoms with Gasteiger partial charge in [-0.3, -0.25) is 4.90 Å². The van der Waals surface area contributed by atoms with E-state index in [1.807, 2.05) is 30.7 Å². The SMILES string of the molecule is Cc1nc(C)n(C[C@@H]2CCCN2Cc2nc(C)c3ccccc3n2)n1. The van der Waals surface area contributed by atoms with Gasteiger partial charge in [0.1, 0.15) is 17.5 Å². The Hall–Kier alpha value is -2.34. The molecule has 0 radical (unpaired) electrons. The van der Waals surface area contributed by atoms with E-state index in [1.165, 1.54) is 12.8 Å². The van der Waals surface area contributed by atoms with Crippen molar-refractivity contribution in [2.45, 2.75) is 52.7 Å². The van der Waals surface area contributed by atoms with Gasteiger partial charge in [0.15, 0.2) is 0 Å². The highest BCUT2D eigenvalue weighted by Gasteiger charge is 2.26. The average molecular weight is 336 g/mol. The number of nitrogens with zero attached hydrogens (tertiary/aromatic N) is 6. The number of benzene rings is 1. The van der Waals surface area contributed by atoms with Crippen LogP contribution in [0.4, 0.5) is 0 Å². The molecule has 3 aromatic rings. The summed E-state index contributed by atoms with van der Waals surface area (Å²) >= 11 is 0. The number of hydrogen-bond donors (Lipinski definition) is 0. The van der Waals surface area contributed by atoms with Crippen LogP contribution in [0.25, 0.3) is 10.9 Å². The lowest BCUT2D eigenvalue weighted by Crippen LogP contribution is -2.33. The van der Waals surface area contributed by atoms with Crippen molar-refractivity contribution in [2.75, 3.05) is 6.54 Å². The first-order valence-corrected chi connectivity index (χ1v) is 8.94. The highest BCUT2D eigenvalue weighted by Crippen LogP contribution is 2.22.